The fourth-order valence-electron chi connectivity index (χ4n) is 2.80. The van der Waals surface area contributed by atoms with E-state index in [0.717, 1.165) is 9.26 Å². The van der Waals surface area contributed by atoms with Crippen LogP contribution in [0.15, 0.2) is 30.3 Å². The zero-order chi connectivity index (χ0) is 19.7. The molecule has 0 unspecified atom stereocenters. The lowest BCUT2D eigenvalue weighted by atomic mass is 10.1. The second kappa shape index (κ2) is 11.1. The quantitative estimate of drug-likeness (QED) is 0.336. The molecule has 2 rings (SSSR count). The summed E-state index contributed by atoms with van der Waals surface area (Å²) in [4.78, 5) is 0. The number of aromatic nitrogens is 3. The number of nitrogens with zero attached hydrogens (tertiary/aromatic N) is 3. The summed E-state index contributed by atoms with van der Waals surface area (Å²) in [5, 5.41) is 8.73. The lowest BCUT2D eigenvalue weighted by Gasteiger charge is -2.37. The summed E-state index contributed by atoms with van der Waals surface area (Å²) >= 11 is 2.22. The topological polar surface area (TPSA) is 67.6 Å². The molecule has 0 radical (unpaired) electrons. The molecule has 0 atom stereocenters. The van der Waals surface area contributed by atoms with Gasteiger partial charge in [-0.1, -0.05) is 35.5 Å². The number of hydrogen-bond donors (Lipinski definition) is 0. The van der Waals surface area contributed by atoms with Crippen molar-refractivity contribution >= 4 is 22.6 Å². The predicted octanol–water partition coefficient (Wildman–Crippen LogP) is 3.56. The fraction of sp³-hybridized carbons (Fsp3) is 0.579. The van der Waals surface area contributed by atoms with Crippen LogP contribution in [0, 0.1) is 3.70 Å². The molecule has 0 saturated carbocycles. The Hall–Kier alpha value is -1.07. The van der Waals surface area contributed by atoms with Crippen molar-refractivity contribution in [2.24, 2.45) is 0 Å². The Bertz CT molecular complexity index is 669. The standard InChI is InChI=1S/C19H28IN3O4/c1-5-24-18(25-6-2)19(26-7-3,27-8-4)16-17(20)23(22-21-16)14-15-12-10-9-11-13-15/h9-13,18H,5-8,14H2,1-4H3. The minimum absolute atomic E-state index is 0.415. The molecule has 7 nitrogen and oxygen atoms in total. The number of halogens is 1. The van der Waals surface area contributed by atoms with E-state index in [1.165, 1.54) is 0 Å². The zero-order valence-corrected chi connectivity index (χ0v) is 18.5. The molecule has 0 aliphatic rings. The minimum Gasteiger partial charge on any atom is -0.348 e. The number of benzene rings is 1. The summed E-state index contributed by atoms with van der Waals surface area (Å²) in [7, 11) is 0. The molecule has 0 bridgehead atoms. The van der Waals surface area contributed by atoms with E-state index < -0.39 is 12.1 Å². The summed E-state index contributed by atoms with van der Waals surface area (Å²) in [5.74, 6) is -1.28. The molecule has 1 heterocycles. The van der Waals surface area contributed by atoms with Crippen LogP contribution < -0.4 is 0 Å². The molecule has 0 spiro atoms. The van der Waals surface area contributed by atoms with Gasteiger partial charge in [0.1, 0.15) is 3.70 Å². The van der Waals surface area contributed by atoms with Gasteiger partial charge in [-0.25, -0.2) is 4.68 Å². The van der Waals surface area contributed by atoms with E-state index in [2.05, 4.69) is 45.0 Å². The second-order valence-corrected chi connectivity index (χ2v) is 6.67. The third-order valence-corrected chi connectivity index (χ3v) is 4.91. The molecule has 8 heteroatoms. The van der Waals surface area contributed by atoms with Gasteiger partial charge in [-0.2, -0.15) is 0 Å². The maximum absolute atomic E-state index is 6.07. The van der Waals surface area contributed by atoms with Crippen LogP contribution in [0.25, 0.3) is 0 Å². The Morgan fingerprint density at radius 3 is 2.07 bits per heavy atom. The second-order valence-electron chi connectivity index (χ2n) is 5.65. The predicted molar refractivity (Wildman–Crippen MR) is 110 cm³/mol. The van der Waals surface area contributed by atoms with Crippen LogP contribution in [0.5, 0.6) is 0 Å². The van der Waals surface area contributed by atoms with E-state index in [1.54, 1.807) is 0 Å². The van der Waals surface area contributed by atoms with Gasteiger partial charge in [0.2, 0.25) is 6.29 Å². The van der Waals surface area contributed by atoms with Gasteiger partial charge in [0.25, 0.3) is 5.79 Å². The van der Waals surface area contributed by atoms with Crippen molar-refractivity contribution in [3.8, 4) is 0 Å². The lowest BCUT2D eigenvalue weighted by molar-refractivity contribution is -0.361. The Morgan fingerprint density at radius 1 is 0.963 bits per heavy atom. The molecule has 1 aromatic heterocycles. The van der Waals surface area contributed by atoms with Crippen LogP contribution in [-0.4, -0.2) is 47.7 Å². The van der Waals surface area contributed by atoms with Gasteiger partial charge < -0.3 is 18.9 Å². The summed E-state index contributed by atoms with van der Waals surface area (Å²) in [5.41, 5.74) is 1.70. The van der Waals surface area contributed by atoms with Crippen molar-refractivity contribution in [2.75, 3.05) is 26.4 Å². The molecule has 2 aromatic rings. The first kappa shape index (κ1) is 22.2. The van der Waals surface area contributed by atoms with E-state index in [-0.39, 0.29) is 0 Å². The fourth-order valence-corrected chi connectivity index (χ4v) is 3.55. The van der Waals surface area contributed by atoms with Crippen LogP contribution in [0.2, 0.25) is 0 Å². The van der Waals surface area contributed by atoms with E-state index in [4.69, 9.17) is 18.9 Å². The summed E-state index contributed by atoms with van der Waals surface area (Å²) in [6, 6.07) is 10.1. The van der Waals surface area contributed by atoms with Crippen molar-refractivity contribution in [3.63, 3.8) is 0 Å². The highest BCUT2D eigenvalue weighted by atomic mass is 127. The molecular formula is C19H28IN3O4. The van der Waals surface area contributed by atoms with Gasteiger partial charge >= 0.3 is 0 Å². The molecular weight excluding hydrogens is 461 g/mol. The van der Waals surface area contributed by atoms with Crippen molar-refractivity contribution in [1.29, 1.82) is 0 Å². The van der Waals surface area contributed by atoms with Crippen LogP contribution in [-0.2, 0) is 31.3 Å². The largest absolute Gasteiger partial charge is 0.348 e. The Labute approximate surface area is 174 Å². The molecule has 1 aromatic carbocycles. The van der Waals surface area contributed by atoms with Gasteiger partial charge in [-0.05, 0) is 55.8 Å². The highest BCUT2D eigenvalue weighted by Gasteiger charge is 2.49. The van der Waals surface area contributed by atoms with Crippen LogP contribution in [0.1, 0.15) is 39.0 Å². The average molecular weight is 489 g/mol. The monoisotopic (exact) mass is 489 g/mol. The molecule has 150 valence electrons. The van der Waals surface area contributed by atoms with Gasteiger partial charge in [-0.15, -0.1) is 5.10 Å². The first-order valence-electron chi connectivity index (χ1n) is 9.27. The maximum atomic E-state index is 6.07. The molecule has 27 heavy (non-hydrogen) atoms. The Kier molecular flexibility index (Phi) is 9.10. The zero-order valence-electron chi connectivity index (χ0n) is 16.4. The Morgan fingerprint density at radius 2 is 1.56 bits per heavy atom. The molecule has 0 aliphatic carbocycles. The van der Waals surface area contributed by atoms with Gasteiger partial charge in [0, 0.05) is 26.4 Å². The van der Waals surface area contributed by atoms with Crippen molar-refractivity contribution in [3.05, 3.63) is 45.3 Å². The van der Waals surface area contributed by atoms with Crippen molar-refractivity contribution in [1.82, 2.24) is 15.0 Å². The van der Waals surface area contributed by atoms with E-state index in [9.17, 15) is 0 Å². The molecule has 0 N–H and O–H groups in total. The van der Waals surface area contributed by atoms with E-state index in [1.807, 2.05) is 50.6 Å². The van der Waals surface area contributed by atoms with Crippen molar-refractivity contribution in [2.45, 2.75) is 46.3 Å². The number of rotatable bonds is 12. The molecule has 0 fully saturated rings. The van der Waals surface area contributed by atoms with Crippen LogP contribution in [0.4, 0.5) is 0 Å². The minimum atomic E-state index is -1.28. The van der Waals surface area contributed by atoms with Gasteiger partial charge in [-0.3, -0.25) is 0 Å². The smallest absolute Gasteiger partial charge is 0.270 e. The molecule has 0 amide bonds. The van der Waals surface area contributed by atoms with Crippen LogP contribution in [0.3, 0.4) is 0 Å². The summed E-state index contributed by atoms with van der Waals surface area (Å²) in [6.45, 7) is 9.99. The Balaban J connectivity index is 2.45. The molecule has 0 saturated heterocycles. The van der Waals surface area contributed by atoms with Gasteiger partial charge in [0.15, 0.2) is 5.69 Å². The third-order valence-electron chi connectivity index (χ3n) is 3.84. The summed E-state index contributed by atoms with van der Waals surface area (Å²) in [6.07, 6.45) is -0.747. The van der Waals surface area contributed by atoms with Crippen molar-refractivity contribution < 1.29 is 18.9 Å². The normalized spacial score (nSPS) is 12.1. The maximum Gasteiger partial charge on any atom is 0.270 e. The first-order chi connectivity index (χ1) is 13.1. The van der Waals surface area contributed by atoms with Gasteiger partial charge in [0.05, 0.1) is 6.54 Å². The lowest BCUT2D eigenvalue weighted by Crippen LogP contribution is -2.49. The summed E-state index contributed by atoms with van der Waals surface area (Å²) < 4.78 is 26.5. The third kappa shape index (κ3) is 5.26. The SMILES string of the molecule is CCOC(OCC)C(OCC)(OCC)c1nnn(Cc2ccccc2)c1I. The van der Waals surface area contributed by atoms with E-state index in [0.29, 0.717) is 38.7 Å². The van der Waals surface area contributed by atoms with E-state index >= 15 is 0 Å². The highest BCUT2D eigenvalue weighted by molar-refractivity contribution is 14.1. The number of hydrogen-bond acceptors (Lipinski definition) is 6. The first-order valence-corrected chi connectivity index (χ1v) is 10.3. The molecule has 0 aliphatic heterocycles. The number of ether oxygens (including phenoxy) is 4. The average Bonchev–Trinajstić information content (AvgIpc) is 3.03. The highest BCUT2D eigenvalue weighted by Crippen LogP contribution is 2.35. The van der Waals surface area contributed by atoms with Crippen LogP contribution >= 0.6 is 22.6 Å².